The summed E-state index contributed by atoms with van der Waals surface area (Å²) in [5, 5.41) is 1.27. The molecule has 4 aliphatic rings. The summed E-state index contributed by atoms with van der Waals surface area (Å²) in [6.07, 6.45) is 8.93. The second kappa shape index (κ2) is 3.34. The van der Waals surface area contributed by atoms with E-state index in [0.29, 0.717) is 5.41 Å². The monoisotopic (exact) mass is 247 g/mol. The highest BCUT2D eigenvalue weighted by atomic mass is 32.1. The molecule has 4 bridgehead atoms. The molecule has 1 aromatic rings. The smallest absolute Gasteiger partial charge is 0.0900 e. The molecule has 92 valence electrons. The van der Waals surface area contributed by atoms with E-state index in [2.05, 4.69) is 13.8 Å². The molecule has 5 rings (SSSR count). The lowest BCUT2D eigenvalue weighted by Crippen LogP contribution is -2.49. The number of aryl methyl sites for hydroxylation is 2. The van der Waals surface area contributed by atoms with Gasteiger partial charge in [-0.3, -0.25) is 0 Å². The molecule has 0 saturated heterocycles. The Kier molecular flexibility index (Phi) is 2.07. The molecule has 0 spiro atoms. The molecule has 4 aliphatic carbocycles. The highest BCUT2D eigenvalue weighted by molar-refractivity contribution is 7.11. The van der Waals surface area contributed by atoms with Crippen molar-refractivity contribution in [2.45, 2.75) is 57.8 Å². The maximum atomic E-state index is 4.92. The van der Waals surface area contributed by atoms with Crippen molar-refractivity contribution in [2.75, 3.05) is 0 Å². The molecule has 1 aromatic heterocycles. The number of hydrogen-bond donors (Lipinski definition) is 0. The number of aromatic nitrogens is 1. The van der Waals surface area contributed by atoms with Gasteiger partial charge in [0.15, 0.2) is 0 Å². The Bertz CT molecular complexity index is 424. The van der Waals surface area contributed by atoms with Crippen molar-refractivity contribution >= 4 is 11.3 Å². The number of nitrogens with zero attached hydrogens (tertiary/aromatic N) is 1. The molecule has 2 heteroatoms. The van der Waals surface area contributed by atoms with Crippen LogP contribution < -0.4 is 0 Å². The van der Waals surface area contributed by atoms with Crippen LogP contribution in [0.25, 0.3) is 0 Å². The van der Waals surface area contributed by atoms with Gasteiger partial charge in [0, 0.05) is 10.3 Å². The molecule has 0 amide bonds. The van der Waals surface area contributed by atoms with Gasteiger partial charge < -0.3 is 0 Å². The van der Waals surface area contributed by atoms with Crippen molar-refractivity contribution in [3.63, 3.8) is 0 Å². The van der Waals surface area contributed by atoms with Crippen LogP contribution in [0.5, 0.6) is 0 Å². The van der Waals surface area contributed by atoms with Gasteiger partial charge in [-0.2, -0.15) is 0 Å². The van der Waals surface area contributed by atoms with E-state index in [9.17, 15) is 0 Å². The summed E-state index contributed by atoms with van der Waals surface area (Å²) in [6.45, 7) is 4.46. The van der Waals surface area contributed by atoms with Gasteiger partial charge in [0.2, 0.25) is 0 Å². The molecule has 4 saturated carbocycles. The molecule has 0 atom stereocenters. The first-order valence-corrected chi connectivity index (χ1v) is 7.91. The SMILES string of the molecule is Cc1nc(C23CC4CC(CC(C4)C2)C3)c(C)s1. The second-order valence-electron chi connectivity index (χ2n) is 6.84. The lowest BCUT2D eigenvalue weighted by molar-refractivity contribution is -0.00723. The van der Waals surface area contributed by atoms with E-state index < -0.39 is 0 Å². The minimum Gasteiger partial charge on any atom is -0.246 e. The fourth-order valence-corrected chi connectivity index (χ4v) is 6.36. The van der Waals surface area contributed by atoms with Crippen LogP contribution in [0.2, 0.25) is 0 Å². The zero-order valence-electron chi connectivity index (χ0n) is 10.8. The zero-order chi connectivity index (χ0) is 11.6. The molecule has 0 unspecified atom stereocenters. The number of thiazole rings is 1. The van der Waals surface area contributed by atoms with E-state index in [0.717, 1.165) is 17.8 Å². The predicted octanol–water partition coefficient (Wildman–Crippen LogP) is 4.23. The van der Waals surface area contributed by atoms with Crippen molar-refractivity contribution in [3.8, 4) is 0 Å². The lowest BCUT2D eigenvalue weighted by Gasteiger charge is -2.56. The van der Waals surface area contributed by atoms with Gasteiger partial charge in [0.1, 0.15) is 0 Å². The van der Waals surface area contributed by atoms with Gasteiger partial charge in [-0.15, -0.1) is 11.3 Å². The van der Waals surface area contributed by atoms with Gasteiger partial charge in [-0.05, 0) is 70.1 Å². The van der Waals surface area contributed by atoms with Crippen LogP contribution in [0.1, 0.15) is 54.1 Å². The van der Waals surface area contributed by atoms with E-state index in [1.54, 1.807) is 0 Å². The standard InChI is InChI=1S/C15H21NS/c1-9-14(16-10(2)17-9)15-6-11-3-12(7-15)5-13(4-11)8-15/h11-13H,3-8H2,1-2H3. The zero-order valence-corrected chi connectivity index (χ0v) is 11.6. The third-order valence-electron chi connectivity index (χ3n) is 5.44. The first-order valence-electron chi connectivity index (χ1n) is 7.09. The van der Waals surface area contributed by atoms with Gasteiger partial charge in [-0.25, -0.2) is 4.98 Å². The van der Waals surface area contributed by atoms with Crippen molar-refractivity contribution < 1.29 is 0 Å². The Morgan fingerprint density at radius 1 is 1.00 bits per heavy atom. The Labute approximate surface area is 108 Å². The van der Waals surface area contributed by atoms with E-state index in [1.807, 2.05) is 11.3 Å². The van der Waals surface area contributed by atoms with Crippen molar-refractivity contribution in [2.24, 2.45) is 17.8 Å². The molecular formula is C15H21NS. The molecule has 17 heavy (non-hydrogen) atoms. The van der Waals surface area contributed by atoms with E-state index in [4.69, 9.17) is 4.98 Å². The highest BCUT2D eigenvalue weighted by Gasteiger charge is 2.53. The molecule has 4 fully saturated rings. The Balaban J connectivity index is 1.79. The second-order valence-corrected chi connectivity index (χ2v) is 8.24. The maximum absolute atomic E-state index is 4.92. The van der Waals surface area contributed by atoms with Gasteiger partial charge >= 0.3 is 0 Å². The topological polar surface area (TPSA) is 12.9 Å². The molecular weight excluding hydrogens is 226 g/mol. The van der Waals surface area contributed by atoms with Crippen molar-refractivity contribution in [1.82, 2.24) is 4.98 Å². The normalized spacial score (nSPS) is 43.3. The Morgan fingerprint density at radius 2 is 1.53 bits per heavy atom. The third kappa shape index (κ3) is 1.46. The first-order chi connectivity index (χ1) is 8.14. The average molecular weight is 247 g/mol. The van der Waals surface area contributed by atoms with E-state index >= 15 is 0 Å². The number of hydrogen-bond acceptors (Lipinski definition) is 2. The molecule has 0 N–H and O–H groups in total. The van der Waals surface area contributed by atoms with Crippen LogP contribution in [0.4, 0.5) is 0 Å². The van der Waals surface area contributed by atoms with Crippen molar-refractivity contribution in [1.29, 1.82) is 0 Å². The fraction of sp³-hybridized carbons (Fsp3) is 0.800. The summed E-state index contributed by atoms with van der Waals surface area (Å²) < 4.78 is 0. The summed E-state index contributed by atoms with van der Waals surface area (Å²) in [5.41, 5.74) is 2.00. The lowest BCUT2D eigenvalue weighted by atomic mass is 9.48. The maximum Gasteiger partial charge on any atom is 0.0900 e. The summed E-state index contributed by atoms with van der Waals surface area (Å²) in [6, 6.07) is 0. The minimum atomic E-state index is 0.504. The van der Waals surface area contributed by atoms with Gasteiger partial charge in [0.05, 0.1) is 10.7 Å². The summed E-state index contributed by atoms with van der Waals surface area (Å²) >= 11 is 1.91. The molecule has 0 radical (unpaired) electrons. The van der Waals surface area contributed by atoms with E-state index in [-0.39, 0.29) is 0 Å². The third-order valence-corrected chi connectivity index (χ3v) is 6.33. The molecule has 1 heterocycles. The van der Waals surface area contributed by atoms with Crippen molar-refractivity contribution in [3.05, 3.63) is 15.6 Å². The largest absolute Gasteiger partial charge is 0.246 e. The molecule has 0 aliphatic heterocycles. The van der Waals surface area contributed by atoms with Crippen LogP contribution >= 0.6 is 11.3 Å². The summed E-state index contributed by atoms with van der Waals surface area (Å²) in [7, 11) is 0. The van der Waals surface area contributed by atoms with Crippen LogP contribution in [-0.4, -0.2) is 4.98 Å². The van der Waals surface area contributed by atoms with Gasteiger partial charge in [0.25, 0.3) is 0 Å². The quantitative estimate of drug-likeness (QED) is 0.724. The van der Waals surface area contributed by atoms with Crippen LogP contribution in [0, 0.1) is 31.6 Å². The Hall–Kier alpha value is -0.370. The fourth-order valence-electron chi connectivity index (χ4n) is 5.42. The average Bonchev–Trinajstić information content (AvgIpc) is 2.56. The van der Waals surface area contributed by atoms with Gasteiger partial charge in [-0.1, -0.05) is 0 Å². The Morgan fingerprint density at radius 3 is 1.94 bits per heavy atom. The summed E-state index contributed by atoms with van der Waals surface area (Å²) in [4.78, 5) is 6.42. The molecule has 0 aromatic carbocycles. The van der Waals surface area contributed by atoms with E-state index in [1.165, 1.54) is 54.1 Å². The summed E-state index contributed by atoms with van der Waals surface area (Å²) in [5.74, 6) is 3.09. The van der Waals surface area contributed by atoms with Crippen LogP contribution in [0.3, 0.4) is 0 Å². The number of rotatable bonds is 1. The van der Waals surface area contributed by atoms with Crippen LogP contribution in [0.15, 0.2) is 0 Å². The molecule has 1 nitrogen and oxygen atoms in total. The minimum absolute atomic E-state index is 0.504. The predicted molar refractivity (Wildman–Crippen MR) is 71.4 cm³/mol. The van der Waals surface area contributed by atoms with Crippen LogP contribution in [-0.2, 0) is 5.41 Å². The first kappa shape index (κ1) is 10.5. The highest BCUT2D eigenvalue weighted by Crippen LogP contribution is 2.61.